The molecule has 29 heavy (non-hydrogen) atoms. The molecule has 6 rings (SSSR count). The van der Waals surface area contributed by atoms with Gasteiger partial charge in [0.15, 0.2) is 0 Å². The van der Waals surface area contributed by atoms with Crippen LogP contribution in [0.3, 0.4) is 0 Å². The Morgan fingerprint density at radius 3 is 2.21 bits per heavy atom. The van der Waals surface area contributed by atoms with Crippen molar-refractivity contribution in [1.82, 2.24) is 0 Å². The van der Waals surface area contributed by atoms with Crippen LogP contribution in [-0.4, -0.2) is 0 Å². The topological polar surface area (TPSA) is 0 Å². The van der Waals surface area contributed by atoms with Crippen LogP contribution in [0.1, 0.15) is 37.3 Å². The second kappa shape index (κ2) is 6.19. The first kappa shape index (κ1) is 16.8. The molecule has 0 radical (unpaired) electrons. The Balaban J connectivity index is 1.72. The lowest BCUT2D eigenvalue weighted by molar-refractivity contribution is 0.537. The zero-order valence-electron chi connectivity index (χ0n) is 16.9. The Kier molecular flexibility index (Phi) is 3.59. The lowest BCUT2D eigenvalue weighted by Gasteiger charge is -2.30. The first-order valence-electron chi connectivity index (χ1n) is 10.6. The van der Waals surface area contributed by atoms with E-state index in [2.05, 4.69) is 98.8 Å². The fraction of sp³-hybridized carbons (Fsp3) is 0.172. The van der Waals surface area contributed by atoms with Crippen LogP contribution in [0.2, 0.25) is 0 Å². The van der Waals surface area contributed by atoms with Crippen molar-refractivity contribution in [3.05, 3.63) is 107 Å². The second-order valence-corrected chi connectivity index (χ2v) is 8.71. The van der Waals surface area contributed by atoms with Crippen molar-refractivity contribution in [2.75, 3.05) is 0 Å². The maximum absolute atomic E-state index is 2.40. The van der Waals surface area contributed by atoms with Crippen molar-refractivity contribution in [3.8, 4) is 11.1 Å². The molecule has 2 aliphatic carbocycles. The molecule has 2 unspecified atom stereocenters. The van der Waals surface area contributed by atoms with Gasteiger partial charge in [-0.3, -0.25) is 0 Å². The SMILES string of the molecule is CC1=CC=C(C)C(C2c3ccc4ccccc4c3-c3ccc4ccccc4c32)C1. The van der Waals surface area contributed by atoms with Gasteiger partial charge in [-0.15, -0.1) is 0 Å². The Morgan fingerprint density at radius 1 is 0.690 bits per heavy atom. The lowest BCUT2D eigenvalue weighted by atomic mass is 9.74. The third-order valence-electron chi connectivity index (χ3n) is 7.01. The summed E-state index contributed by atoms with van der Waals surface area (Å²) in [5.74, 6) is 0.933. The van der Waals surface area contributed by atoms with Gasteiger partial charge in [0.05, 0.1) is 0 Å². The van der Waals surface area contributed by atoms with Crippen molar-refractivity contribution in [1.29, 1.82) is 0 Å². The predicted octanol–water partition coefficient (Wildman–Crippen LogP) is 8.02. The number of benzene rings is 4. The number of hydrogen-bond donors (Lipinski definition) is 0. The van der Waals surface area contributed by atoms with Gasteiger partial charge in [0.2, 0.25) is 0 Å². The van der Waals surface area contributed by atoms with Crippen LogP contribution in [0.15, 0.2) is 96.1 Å². The molecule has 0 aliphatic heterocycles. The molecule has 0 nitrogen and oxygen atoms in total. The zero-order chi connectivity index (χ0) is 19.5. The number of fused-ring (bicyclic) bond motifs is 7. The second-order valence-electron chi connectivity index (χ2n) is 8.71. The molecule has 0 fully saturated rings. The molecule has 0 spiro atoms. The minimum Gasteiger partial charge on any atom is -0.0727 e. The molecule has 4 aromatic carbocycles. The summed E-state index contributed by atoms with van der Waals surface area (Å²) in [5, 5.41) is 5.47. The lowest BCUT2D eigenvalue weighted by Crippen LogP contribution is -2.16. The Bertz CT molecular complexity index is 1350. The van der Waals surface area contributed by atoms with Crippen LogP contribution in [0.5, 0.6) is 0 Å². The van der Waals surface area contributed by atoms with E-state index in [4.69, 9.17) is 0 Å². The minimum atomic E-state index is 0.413. The molecular weight excluding hydrogens is 348 g/mol. The molecule has 0 saturated heterocycles. The van der Waals surface area contributed by atoms with E-state index in [9.17, 15) is 0 Å². The standard InChI is InChI=1S/C29H24/c1-18-11-12-19(2)26(17-18)29-25-16-13-20-7-3-5-9-22(20)27(25)24-15-14-21-8-4-6-10-23(21)28(24)29/h3-16,26,29H,17H2,1-2H3. The number of rotatable bonds is 1. The van der Waals surface area contributed by atoms with E-state index < -0.39 is 0 Å². The maximum Gasteiger partial charge on any atom is 0.0177 e. The van der Waals surface area contributed by atoms with Gasteiger partial charge in [-0.1, -0.05) is 96.1 Å². The molecule has 0 saturated carbocycles. The first-order chi connectivity index (χ1) is 14.2. The van der Waals surface area contributed by atoms with E-state index in [0.717, 1.165) is 6.42 Å². The highest BCUT2D eigenvalue weighted by atomic mass is 14.4. The molecule has 0 aromatic heterocycles. The van der Waals surface area contributed by atoms with Crippen LogP contribution in [0.25, 0.3) is 32.7 Å². The van der Waals surface area contributed by atoms with Crippen LogP contribution < -0.4 is 0 Å². The summed E-state index contributed by atoms with van der Waals surface area (Å²) in [6.07, 6.45) is 5.78. The third-order valence-corrected chi connectivity index (χ3v) is 7.01. The van der Waals surface area contributed by atoms with E-state index in [0.29, 0.717) is 11.8 Å². The van der Waals surface area contributed by atoms with Crippen molar-refractivity contribution in [3.63, 3.8) is 0 Å². The van der Waals surface area contributed by atoms with E-state index >= 15 is 0 Å². The predicted molar refractivity (Wildman–Crippen MR) is 124 cm³/mol. The third kappa shape index (κ3) is 2.39. The van der Waals surface area contributed by atoms with Gasteiger partial charge in [-0.05, 0) is 70.0 Å². The fourth-order valence-corrected chi connectivity index (χ4v) is 5.62. The Labute approximate surface area is 172 Å². The first-order valence-corrected chi connectivity index (χ1v) is 10.6. The summed E-state index contributed by atoms with van der Waals surface area (Å²) in [6, 6.07) is 27.2. The monoisotopic (exact) mass is 372 g/mol. The van der Waals surface area contributed by atoms with Gasteiger partial charge >= 0.3 is 0 Å². The highest BCUT2D eigenvalue weighted by Crippen LogP contribution is 2.55. The van der Waals surface area contributed by atoms with Crippen LogP contribution in [-0.2, 0) is 0 Å². The average molecular weight is 373 g/mol. The normalized spacial score (nSPS) is 20.3. The molecule has 2 aliphatic rings. The highest BCUT2D eigenvalue weighted by molar-refractivity contribution is 6.06. The molecule has 0 heterocycles. The van der Waals surface area contributed by atoms with Crippen LogP contribution >= 0.6 is 0 Å². The van der Waals surface area contributed by atoms with Crippen molar-refractivity contribution in [2.45, 2.75) is 26.2 Å². The minimum absolute atomic E-state index is 0.413. The van der Waals surface area contributed by atoms with Crippen molar-refractivity contribution in [2.24, 2.45) is 5.92 Å². The smallest absolute Gasteiger partial charge is 0.0177 e. The summed E-state index contributed by atoms with van der Waals surface area (Å²) >= 11 is 0. The summed E-state index contributed by atoms with van der Waals surface area (Å²) in [6.45, 7) is 4.59. The molecule has 140 valence electrons. The molecule has 0 amide bonds. The molecule has 0 heteroatoms. The van der Waals surface area contributed by atoms with Gasteiger partial charge in [0.25, 0.3) is 0 Å². The van der Waals surface area contributed by atoms with E-state index in [-0.39, 0.29) is 0 Å². The van der Waals surface area contributed by atoms with Crippen molar-refractivity contribution < 1.29 is 0 Å². The van der Waals surface area contributed by atoms with Gasteiger partial charge in [0.1, 0.15) is 0 Å². The summed E-state index contributed by atoms with van der Waals surface area (Å²) in [4.78, 5) is 0. The van der Waals surface area contributed by atoms with E-state index in [1.807, 2.05) is 0 Å². The Hall–Kier alpha value is -3.12. The van der Waals surface area contributed by atoms with E-state index in [1.165, 1.54) is 54.9 Å². The molecule has 4 aromatic rings. The van der Waals surface area contributed by atoms with Gasteiger partial charge in [-0.25, -0.2) is 0 Å². The molecule has 0 N–H and O–H groups in total. The molecule has 2 atom stereocenters. The number of allylic oxidation sites excluding steroid dienone is 4. The Morgan fingerprint density at radius 2 is 1.38 bits per heavy atom. The van der Waals surface area contributed by atoms with E-state index in [1.54, 1.807) is 0 Å². The summed E-state index contributed by atoms with van der Waals surface area (Å²) in [7, 11) is 0. The largest absolute Gasteiger partial charge is 0.0727 e. The molecule has 0 bridgehead atoms. The van der Waals surface area contributed by atoms with Gasteiger partial charge in [-0.2, -0.15) is 0 Å². The van der Waals surface area contributed by atoms with Crippen LogP contribution in [0, 0.1) is 5.92 Å². The average Bonchev–Trinajstić information content (AvgIpc) is 3.10. The zero-order valence-corrected chi connectivity index (χ0v) is 16.9. The quantitative estimate of drug-likeness (QED) is 0.317. The summed E-state index contributed by atoms with van der Waals surface area (Å²) < 4.78 is 0. The highest BCUT2D eigenvalue weighted by Gasteiger charge is 2.37. The van der Waals surface area contributed by atoms with Crippen LogP contribution in [0.4, 0.5) is 0 Å². The van der Waals surface area contributed by atoms with Gasteiger partial charge in [0, 0.05) is 5.92 Å². The molecular formula is C29H24. The number of hydrogen-bond acceptors (Lipinski definition) is 0. The fourth-order valence-electron chi connectivity index (χ4n) is 5.62. The maximum atomic E-state index is 2.40. The van der Waals surface area contributed by atoms with Gasteiger partial charge < -0.3 is 0 Å². The van der Waals surface area contributed by atoms with Crippen molar-refractivity contribution >= 4 is 21.5 Å². The summed E-state index contributed by atoms with van der Waals surface area (Å²) in [5.41, 5.74) is 8.90.